The van der Waals surface area contributed by atoms with Crippen molar-refractivity contribution in [3.8, 4) is 17.2 Å². The molecular weight excluding hydrogens is 420 g/mol. The Morgan fingerprint density at radius 1 is 1.16 bits per heavy atom. The van der Waals surface area contributed by atoms with Crippen molar-refractivity contribution in [3.05, 3.63) is 53.1 Å². The molecule has 0 unspecified atom stereocenters. The van der Waals surface area contributed by atoms with Gasteiger partial charge in [0.15, 0.2) is 11.5 Å². The normalized spacial score (nSPS) is 11.8. The molecule has 0 aliphatic rings. The Kier molecular flexibility index (Phi) is 7.48. The van der Waals surface area contributed by atoms with E-state index in [2.05, 4.69) is 15.5 Å². The van der Waals surface area contributed by atoms with E-state index in [-0.39, 0.29) is 6.61 Å². The predicted molar refractivity (Wildman–Crippen MR) is 115 cm³/mol. The zero-order valence-corrected chi connectivity index (χ0v) is 18.5. The molecule has 0 radical (unpaired) electrons. The van der Waals surface area contributed by atoms with Crippen LogP contribution in [-0.2, 0) is 4.74 Å². The van der Waals surface area contributed by atoms with Gasteiger partial charge in [-0.05, 0) is 53.6 Å². The number of aliphatic hydroxyl groups excluding tert-OH is 1. The van der Waals surface area contributed by atoms with Crippen LogP contribution < -0.4 is 9.47 Å². The second-order valence-electron chi connectivity index (χ2n) is 6.75. The van der Waals surface area contributed by atoms with Gasteiger partial charge in [-0.25, -0.2) is 4.79 Å². The Morgan fingerprint density at radius 2 is 1.90 bits per heavy atom. The Labute approximate surface area is 184 Å². The van der Waals surface area contributed by atoms with Crippen LogP contribution >= 0.6 is 11.8 Å². The van der Waals surface area contributed by atoms with Crippen LogP contribution in [0.3, 0.4) is 0 Å². The number of benzene rings is 2. The number of aliphatic hydroxyl groups is 1. The zero-order valence-electron chi connectivity index (χ0n) is 17.7. The molecule has 9 nitrogen and oxygen atoms in total. The van der Waals surface area contributed by atoms with Gasteiger partial charge in [-0.3, -0.25) is 0 Å². The van der Waals surface area contributed by atoms with E-state index in [1.807, 2.05) is 32.0 Å². The van der Waals surface area contributed by atoms with Crippen molar-refractivity contribution in [1.29, 1.82) is 0 Å². The highest BCUT2D eigenvalue weighted by atomic mass is 32.2. The number of nitrogens with zero attached hydrogens (tertiary/aromatic N) is 4. The molecule has 0 saturated heterocycles. The summed E-state index contributed by atoms with van der Waals surface area (Å²) in [5.41, 5.74) is 3.39. The molecule has 3 aromatic rings. The fourth-order valence-corrected chi connectivity index (χ4v) is 3.77. The third kappa shape index (κ3) is 5.33. The average molecular weight is 445 g/mol. The summed E-state index contributed by atoms with van der Waals surface area (Å²) in [4.78, 5) is 11.6. The molecule has 1 atom stereocenters. The molecule has 1 aromatic heterocycles. The van der Waals surface area contributed by atoms with Crippen LogP contribution in [0.15, 0.2) is 41.6 Å². The van der Waals surface area contributed by atoms with E-state index in [1.54, 1.807) is 16.8 Å². The van der Waals surface area contributed by atoms with Crippen molar-refractivity contribution in [2.24, 2.45) is 0 Å². The van der Waals surface area contributed by atoms with E-state index in [0.29, 0.717) is 28.0 Å². The number of tetrazole rings is 1. The second kappa shape index (κ2) is 10.3. The summed E-state index contributed by atoms with van der Waals surface area (Å²) >= 11 is 1.33. The number of rotatable bonds is 9. The van der Waals surface area contributed by atoms with Crippen molar-refractivity contribution in [2.75, 3.05) is 26.6 Å². The van der Waals surface area contributed by atoms with E-state index >= 15 is 0 Å². The minimum Gasteiger partial charge on any atom is -0.493 e. The highest BCUT2D eigenvalue weighted by molar-refractivity contribution is 7.99. The summed E-state index contributed by atoms with van der Waals surface area (Å²) < 4.78 is 17.3. The van der Waals surface area contributed by atoms with E-state index in [9.17, 15) is 9.90 Å². The number of hydrogen-bond donors (Lipinski definition) is 1. The second-order valence-corrected chi connectivity index (χ2v) is 7.73. The fraction of sp³-hybridized carbons (Fsp3) is 0.333. The lowest BCUT2D eigenvalue weighted by Crippen LogP contribution is -2.20. The maximum atomic E-state index is 11.6. The van der Waals surface area contributed by atoms with Crippen molar-refractivity contribution in [2.45, 2.75) is 25.1 Å². The molecule has 1 N–H and O–H groups in total. The standard InChI is InChI=1S/C21H24N4O5S/c1-13-6-5-7-14(2)19(13)25-21(22-23-24-25)31-12-16(26)11-30-17-9-8-15(20(27)29-4)10-18(17)28-3/h5-10,16,26H,11-12H2,1-4H3/t16-/m1/s1. The molecule has 0 spiro atoms. The Hall–Kier alpha value is -3.11. The summed E-state index contributed by atoms with van der Waals surface area (Å²) in [5, 5.41) is 22.9. The quantitative estimate of drug-likeness (QED) is 0.393. The van der Waals surface area contributed by atoms with Gasteiger partial charge in [-0.15, -0.1) is 5.10 Å². The van der Waals surface area contributed by atoms with Gasteiger partial charge in [0, 0.05) is 5.75 Å². The summed E-state index contributed by atoms with van der Waals surface area (Å²) in [6, 6.07) is 10.7. The summed E-state index contributed by atoms with van der Waals surface area (Å²) in [5.74, 6) is 0.651. The van der Waals surface area contributed by atoms with Crippen LogP contribution in [-0.4, -0.2) is 64.0 Å². The van der Waals surface area contributed by atoms with Crippen molar-refractivity contribution in [3.63, 3.8) is 0 Å². The van der Waals surface area contributed by atoms with E-state index in [4.69, 9.17) is 14.2 Å². The van der Waals surface area contributed by atoms with Crippen molar-refractivity contribution >= 4 is 17.7 Å². The number of ether oxygens (including phenoxy) is 3. The van der Waals surface area contributed by atoms with Gasteiger partial charge < -0.3 is 19.3 Å². The molecule has 1 heterocycles. The lowest BCUT2D eigenvalue weighted by molar-refractivity contribution is 0.0600. The number of aromatic nitrogens is 4. The average Bonchev–Trinajstić information content (AvgIpc) is 3.23. The topological polar surface area (TPSA) is 109 Å². The Morgan fingerprint density at radius 3 is 2.58 bits per heavy atom. The molecule has 10 heteroatoms. The third-order valence-corrected chi connectivity index (χ3v) is 5.58. The molecule has 31 heavy (non-hydrogen) atoms. The number of hydrogen-bond acceptors (Lipinski definition) is 9. The molecular formula is C21H24N4O5S. The van der Waals surface area contributed by atoms with Gasteiger partial charge in [0.25, 0.3) is 0 Å². The number of methoxy groups -OCH3 is 2. The highest BCUT2D eigenvalue weighted by Crippen LogP contribution is 2.29. The van der Waals surface area contributed by atoms with Gasteiger partial charge in [0.1, 0.15) is 6.61 Å². The van der Waals surface area contributed by atoms with Crippen LogP contribution in [0.5, 0.6) is 11.5 Å². The van der Waals surface area contributed by atoms with Crippen LogP contribution in [0, 0.1) is 13.8 Å². The van der Waals surface area contributed by atoms with Gasteiger partial charge in [0.05, 0.1) is 31.6 Å². The number of carbonyl (C=O) groups excluding carboxylic acids is 1. The monoisotopic (exact) mass is 444 g/mol. The largest absolute Gasteiger partial charge is 0.493 e. The molecule has 164 valence electrons. The minimum absolute atomic E-state index is 0.0336. The first kappa shape index (κ1) is 22.6. The Bertz CT molecular complexity index is 1040. The fourth-order valence-electron chi connectivity index (χ4n) is 2.99. The smallest absolute Gasteiger partial charge is 0.337 e. The molecule has 0 aliphatic carbocycles. The van der Waals surface area contributed by atoms with Gasteiger partial charge in [0.2, 0.25) is 5.16 Å². The number of carbonyl (C=O) groups is 1. The molecule has 0 amide bonds. The Balaban J connectivity index is 1.62. The number of para-hydroxylation sites is 1. The summed E-state index contributed by atoms with van der Waals surface area (Å²) in [6.07, 6.45) is -0.780. The van der Waals surface area contributed by atoms with E-state index in [0.717, 1.165) is 16.8 Å². The zero-order chi connectivity index (χ0) is 22.4. The van der Waals surface area contributed by atoms with E-state index in [1.165, 1.54) is 32.0 Å². The van der Waals surface area contributed by atoms with Gasteiger partial charge in [-0.1, -0.05) is 30.0 Å². The maximum Gasteiger partial charge on any atom is 0.337 e. The molecule has 2 aromatic carbocycles. The molecule has 0 saturated carbocycles. The van der Waals surface area contributed by atoms with Crippen molar-refractivity contribution in [1.82, 2.24) is 20.2 Å². The van der Waals surface area contributed by atoms with Crippen molar-refractivity contribution < 1.29 is 24.1 Å². The number of esters is 1. The summed E-state index contributed by atoms with van der Waals surface area (Å²) in [7, 11) is 2.78. The third-order valence-electron chi connectivity index (χ3n) is 4.51. The number of thioether (sulfide) groups is 1. The van der Waals surface area contributed by atoms with Crippen LogP contribution in [0.1, 0.15) is 21.5 Å². The first-order chi connectivity index (χ1) is 14.9. The van der Waals surface area contributed by atoms with Crippen LogP contribution in [0.25, 0.3) is 5.69 Å². The molecule has 0 aliphatic heterocycles. The maximum absolute atomic E-state index is 11.6. The van der Waals surface area contributed by atoms with Crippen LogP contribution in [0.2, 0.25) is 0 Å². The minimum atomic E-state index is -0.780. The highest BCUT2D eigenvalue weighted by Gasteiger charge is 2.17. The number of aryl methyl sites for hydroxylation is 2. The lowest BCUT2D eigenvalue weighted by Gasteiger charge is -2.15. The lowest BCUT2D eigenvalue weighted by atomic mass is 10.1. The first-order valence-corrected chi connectivity index (χ1v) is 10.5. The van der Waals surface area contributed by atoms with E-state index < -0.39 is 12.1 Å². The molecule has 0 fully saturated rings. The summed E-state index contributed by atoms with van der Waals surface area (Å²) in [6.45, 7) is 4.03. The predicted octanol–water partition coefficient (Wildman–Crippen LogP) is 2.61. The molecule has 3 rings (SSSR count). The van der Waals surface area contributed by atoms with Crippen LogP contribution in [0.4, 0.5) is 0 Å². The molecule has 0 bridgehead atoms. The first-order valence-electron chi connectivity index (χ1n) is 9.49. The SMILES string of the molecule is COC(=O)c1ccc(OC[C@@H](O)CSc2nnnn2-c2c(C)cccc2C)c(OC)c1. The van der Waals surface area contributed by atoms with Gasteiger partial charge in [-0.2, -0.15) is 4.68 Å². The van der Waals surface area contributed by atoms with Gasteiger partial charge >= 0.3 is 5.97 Å².